The Kier molecular flexibility index (Phi) is 6.19. The van der Waals surface area contributed by atoms with Gasteiger partial charge in [-0.2, -0.15) is 0 Å². The summed E-state index contributed by atoms with van der Waals surface area (Å²) in [6.45, 7) is 3.13. The van der Waals surface area contributed by atoms with Crippen molar-refractivity contribution >= 4 is 17.5 Å². The van der Waals surface area contributed by atoms with Crippen molar-refractivity contribution in [1.82, 2.24) is 4.90 Å². The molecule has 3 rings (SSSR count). The van der Waals surface area contributed by atoms with E-state index in [1.54, 1.807) is 32.4 Å². The molecule has 0 atom stereocenters. The Bertz CT molecular complexity index is 857. The molecule has 1 N–H and O–H groups in total. The number of methoxy groups -OCH3 is 2. The van der Waals surface area contributed by atoms with Crippen molar-refractivity contribution in [2.24, 2.45) is 5.92 Å². The van der Waals surface area contributed by atoms with Crippen LogP contribution < -0.4 is 14.8 Å². The zero-order chi connectivity index (χ0) is 20.1. The van der Waals surface area contributed by atoms with Crippen LogP contribution in [0.1, 0.15) is 28.8 Å². The van der Waals surface area contributed by atoms with Crippen LogP contribution in [0.15, 0.2) is 42.5 Å². The van der Waals surface area contributed by atoms with E-state index in [9.17, 15) is 9.59 Å². The molecule has 2 amide bonds. The number of anilines is 1. The lowest BCUT2D eigenvalue weighted by Crippen LogP contribution is -2.41. The zero-order valence-corrected chi connectivity index (χ0v) is 16.5. The fraction of sp³-hybridized carbons (Fsp3) is 0.364. The van der Waals surface area contributed by atoms with Crippen LogP contribution in [0.25, 0.3) is 0 Å². The molecule has 0 aromatic heterocycles. The summed E-state index contributed by atoms with van der Waals surface area (Å²) in [4.78, 5) is 27.1. The average molecular weight is 382 g/mol. The highest BCUT2D eigenvalue weighted by Crippen LogP contribution is 2.30. The summed E-state index contributed by atoms with van der Waals surface area (Å²) in [7, 11) is 3.13. The Morgan fingerprint density at radius 3 is 2.36 bits per heavy atom. The molecule has 6 nitrogen and oxygen atoms in total. The highest BCUT2D eigenvalue weighted by atomic mass is 16.5. The number of nitrogens with one attached hydrogen (secondary N) is 1. The molecule has 1 aliphatic rings. The summed E-state index contributed by atoms with van der Waals surface area (Å²) in [5.41, 5.74) is 2.43. The van der Waals surface area contributed by atoms with E-state index in [1.807, 2.05) is 36.1 Å². The summed E-state index contributed by atoms with van der Waals surface area (Å²) in [6.07, 6.45) is 1.30. The van der Waals surface area contributed by atoms with Crippen molar-refractivity contribution in [3.05, 3.63) is 53.6 Å². The van der Waals surface area contributed by atoms with Crippen molar-refractivity contribution in [2.75, 3.05) is 32.6 Å². The van der Waals surface area contributed by atoms with Crippen LogP contribution in [0.4, 0.5) is 5.69 Å². The fourth-order valence-electron chi connectivity index (χ4n) is 3.46. The van der Waals surface area contributed by atoms with Crippen molar-refractivity contribution in [3.8, 4) is 11.5 Å². The molecular formula is C22H26N2O4. The normalized spacial score (nSPS) is 14.5. The highest BCUT2D eigenvalue weighted by Gasteiger charge is 2.28. The second kappa shape index (κ2) is 8.78. The molecule has 1 aliphatic heterocycles. The number of rotatable bonds is 5. The Hall–Kier alpha value is -3.02. The van der Waals surface area contributed by atoms with E-state index in [-0.39, 0.29) is 17.7 Å². The molecule has 0 aliphatic carbocycles. The number of nitrogens with zero attached hydrogens (tertiary/aromatic N) is 1. The van der Waals surface area contributed by atoms with Gasteiger partial charge >= 0.3 is 0 Å². The smallest absolute Gasteiger partial charge is 0.253 e. The molecule has 0 radical (unpaired) electrons. The summed E-state index contributed by atoms with van der Waals surface area (Å²) in [6, 6.07) is 12.9. The SMILES string of the molecule is COc1ccc(NC(=O)C2CCN(C(=O)c3cccc(C)c3)CC2)cc1OC. The molecule has 28 heavy (non-hydrogen) atoms. The lowest BCUT2D eigenvalue weighted by molar-refractivity contribution is -0.121. The number of ether oxygens (including phenoxy) is 2. The summed E-state index contributed by atoms with van der Waals surface area (Å²) in [5, 5.41) is 2.94. The minimum Gasteiger partial charge on any atom is -0.493 e. The molecular weight excluding hydrogens is 356 g/mol. The number of hydrogen-bond acceptors (Lipinski definition) is 4. The van der Waals surface area contributed by atoms with Gasteiger partial charge in [-0.15, -0.1) is 0 Å². The maximum absolute atomic E-state index is 12.7. The van der Waals surface area contributed by atoms with E-state index in [2.05, 4.69) is 5.32 Å². The van der Waals surface area contributed by atoms with Gasteiger partial charge in [-0.1, -0.05) is 17.7 Å². The second-order valence-corrected chi connectivity index (χ2v) is 6.99. The number of aryl methyl sites for hydroxylation is 1. The number of carbonyl (C=O) groups excluding carboxylic acids is 2. The van der Waals surface area contributed by atoms with E-state index >= 15 is 0 Å². The third-order valence-electron chi connectivity index (χ3n) is 5.07. The first-order valence-corrected chi connectivity index (χ1v) is 9.40. The standard InChI is InChI=1S/C22H26N2O4/c1-15-5-4-6-17(13-15)22(26)24-11-9-16(10-12-24)21(25)23-18-7-8-19(27-2)20(14-18)28-3/h4-8,13-14,16H,9-12H2,1-3H3,(H,23,25). The molecule has 2 aromatic carbocycles. The van der Waals surface area contributed by atoms with Gasteiger partial charge in [-0.05, 0) is 44.0 Å². The van der Waals surface area contributed by atoms with Crippen LogP contribution in [0.5, 0.6) is 11.5 Å². The van der Waals surface area contributed by atoms with Gasteiger partial charge in [0.1, 0.15) is 0 Å². The van der Waals surface area contributed by atoms with E-state index in [0.717, 1.165) is 5.56 Å². The zero-order valence-electron chi connectivity index (χ0n) is 16.5. The maximum Gasteiger partial charge on any atom is 0.253 e. The van der Waals surface area contributed by atoms with E-state index in [1.165, 1.54) is 0 Å². The maximum atomic E-state index is 12.7. The second-order valence-electron chi connectivity index (χ2n) is 6.99. The van der Waals surface area contributed by atoms with Crippen LogP contribution in [0, 0.1) is 12.8 Å². The van der Waals surface area contributed by atoms with Gasteiger partial charge in [-0.3, -0.25) is 9.59 Å². The van der Waals surface area contributed by atoms with Gasteiger partial charge < -0.3 is 19.7 Å². The Labute approximate surface area is 165 Å². The predicted molar refractivity (Wildman–Crippen MR) is 108 cm³/mol. The molecule has 0 saturated carbocycles. The summed E-state index contributed by atoms with van der Waals surface area (Å²) >= 11 is 0. The topological polar surface area (TPSA) is 67.9 Å². The minimum atomic E-state index is -0.116. The number of hydrogen-bond donors (Lipinski definition) is 1. The third kappa shape index (κ3) is 4.44. The monoisotopic (exact) mass is 382 g/mol. The first kappa shape index (κ1) is 19.7. The van der Waals surface area contributed by atoms with Gasteiger partial charge in [-0.25, -0.2) is 0 Å². The van der Waals surface area contributed by atoms with Crippen LogP contribution in [-0.2, 0) is 4.79 Å². The van der Waals surface area contributed by atoms with Crippen LogP contribution in [0.3, 0.4) is 0 Å². The molecule has 0 unspecified atom stereocenters. The highest BCUT2D eigenvalue weighted by molar-refractivity contribution is 5.95. The van der Waals surface area contributed by atoms with E-state index in [0.29, 0.717) is 48.7 Å². The predicted octanol–water partition coefficient (Wildman–Crippen LogP) is 3.50. The molecule has 6 heteroatoms. The molecule has 1 saturated heterocycles. The largest absolute Gasteiger partial charge is 0.493 e. The lowest BCUT2D eigenvalue weighted by atomic mass is 9.95. The van der Waals surface area contributed by atoms with Crippen molar-refractivity contribution < 1.29 is 19.1 Å². The number of likely N-dealkylation sites (tertiary alicyclic amines) is 1. The molecule has 1 fully saturated rings. The number of carbonyl (C=O) groups is 2. The van der Waals surface area contributed by atoms with Crippen LogP contribution in [-0.4, -0.2) is 44.0 Å². The van der Waals surface area contributed by atoms with Crippen LogP contribution >= 0.6 is 0 Å². The number of piperidine rings is 1. The molecule has 2 aromatic rings. The lowest BCUT2D eigenvalue weighted by Gasteiger charge is -2.31. The minimum absolute atomic E-state index is 0.0300. The van der Waals surface area contributed by atoms with E-state index in [4.69, 9.17) is 9.47 Å². The van der Waals surface area contributed by atoms with Gasteiger partial charge in [0.2, 0.25) is 5.91 Å². The molecule has 0 bridgehead atoms. The first-order valence-electron chi connectivity index (χ1n) is 9.40. The number of benzene rings is 2. The molecule has 1 heterocycles. The van der Waals surface area contributed by atoms with Gasteiger partial charge in [0.25, 0.3) is 5.91 Å². The van der Waals surface area contributed by atoms with E-state index < -0.39 is 0 Å². The fourth-order valence-corrected chi connectivity index (χ4v) is 3.46. The Morgan fingerprint density at radius 1 is 1.00 bits per heavy atom. The van der Waals surface area contributed by atoms with Gasteiger partial charge in [0.05, 0.1) is 14.2 Å². The van der Waals surface area contributed by atoms with Gasteiger partial charge in [0.15, 0.2) is 11.5 Å². The van der Waals surface area contributed by atoms with Crippen molar-refractivity contribution in [2.45, 2.75) is 19.8 Å². The van der Waals surface area contributed by atoms with Crippen LogP contribution in [0.2, 0.25) is 0 Å². The molecule has 0 spiro atoms. The summed E-state index contributed by atoms with van der Waals surface area (Å²) in [5.74, 6) is 1.06. The third-order valence-corrected chi connectivity index (χ3v) is 5.07. The average Bonchev–Trinajstić information content (AvgIpc) is 2.73. The molecule has 148 valence electrons. The summed E-state index contributed by atoms with van der Waals surface area (Å²) < 4.78 is 10.5. The van der Waals surface area contributed by atoms with Crippen molar-refractivity contribution in [1.29, 1.82) is 0 Å². The number of amides is 2. The Morgan fingerprint density at radius 2 is 1.71 bits per heavy atom. The van der Waals surface area contributed by atoms with Crippen molar-refractivity contribution in [3.63, 3.8) is 0 Å². The van der Waals surface area contributed by atoms with Gasteiger partial charge in [0, 0.05) is 36.3 Å². The first-order chi connectivity index (χ1) is 13.5. The quantitative estimate of drug-likeness (QED) is 0.859. The Balaban J connectivity index is 1.57.